The van der Waals surface area contributed by atoms with Crippen LogP contribution < -0.4 is 5.73 Å². The van der Waals surface area contributed by atoms with E-state index in [4.69, 9.17) is 5.73 Å². The van der Waals surface area contributed by atoms with Crippen LogP contribution in [0.2, 0.25) is 0 Å². The van der Waals surface area contributed by atoms with E-state index in [-0.39, 0.29) is 0 Å². The molecule has 4 bridgehead atoms. The van der Waals surface area contributed by atoms with Gasteiger partial charge < -0.3 is 5.73 Å². The Kier molecular flexibility index (Phi) is 2.19. The second-order valence-corrected chi connectivity index (χ2v) is 7.64. The van der Waals surface area contributed by atoms with E-state index in [9.17, 15) is 0 Å². The molecule has 4 aliphatic rings. The zero-order valence-corrected chi connectivity index (χ0v) is 11.0. The highest BCUT2D eigenvalue weighted by atomic mass is 32.1. The van der Waals surface area contributed by atoms with E-state index in [1.54, 1.807) is 4.88 Å². The molecule has 2 nitrogen and oxygen atoms in total. The second kappa shape index (κ2) is 3.55. The summed E-state index contributed by atoms with van der Waals surface area (Å²) in [6, 6.07) is 0. The first-order valence-electron chi connectivity index (χ1n) is 6.93. The van der Waals surface area contributed by atoms with Gasteiger partial charge in [0, 0.05) is 23.0 Å². The van der Waals surface area contributed by atoms with Crippen molar-refractivity contribution in [3.63, 3.8) is 0 Å². The molecule has 1 aromatic rings. The smallest absolute Gasteiger partial charge is 0.106 e. The Hall–Kier alpha value is -0.410. The Bertz CT molecular complexity index is 402. The Morgan fingerprint density at radius 2 is 1.76 bits per heavy atom. The molecule has 1 heterocycles. The maximum absolute atomic E-state index is 5.70. The molecule has 0 unspecified atom stereocenters. The molecular formula is C14H20N2S. The van der Waals surface area contributed by atoms with Crippen LogP contribution in [0.4, 0.5) is 0 Å². The van der Waals surface area contributed by atoms with E-state index in [1.807, 2.05) is 11.3 Å². The van der Waals surface area contributed by atoms with E-state index in [0.717, 1.165) is 22.8 Å². The zero-order chi connectivity index (χ0) is 11.5. The third-order valence-corrected chi connectivity index (χ3v) is 6.56. The third kappa shape index (κ3) is 1.52. The summed E-state index contributed by atoms with van der Waals surface area (Å²) in [7, 11) is 0. The van der Waals surface area contributed by atoms with Gasteiger partial charge in [-0.2, -0.15) is 0 Å². The molecule has 5 rings (SSSR count). The van der Waals surface area contributed by atoms with Crippen LogP contribution in [0.3, 0.4) is 0 Å². The van der Waals surface area contributed by atoms with Crippen LogP contribution in [0.5, 0.6) is 0 Å². The summed E-state index contributed by atoms with van der Waals surface area (Å²) in [5.41, 5.74) is 6.22. The zero-order valence-electron chi connectivity index (χ0n) is 10.2. The van der Waals surface area contributed by atoms with Crippen molar-refractivity contribution in [1.29, 1.82) is 0 Å². The molecule has 4 saturated carbocycles. The molecule has 0 atom stereocenters. The van der Waals surface area contributed by atoms with E-state index < -0.39 is 0 Å². The van der Waals surface area contributed by atoms with Crippen molar-refractivity contribution in [3.8, 4) is 0 Å². The molecule has 92 valence electrons. The fraction of sp³-hybridized carbons (Fsp3) is 0.786. The predicted octanol–water partition coefficient (Wildman–Crippen LogP) is 3.07. The summed E-state index contributed by atoms with van der Waals surface area (Å²) in [5.74, 6) is 3.05. The van der Waals surface area contributed by atoms with E-state index in [1.165, 1.54) is 38.5 Å². The van der Waals surface area contributed by atoms with Gasteiger partial charge in [-0.05, 0) is 56.3 Å². The van der Waals surface area contributed by atoms with Crippen molar-refractivity contribution in [2.24, 2.45) is 23.5 Å². The lowest BCUT2D eigenvalue weighted by Gasteiger charge is -2.56. The van der Waals surface area contributed by atoms with Crippen LogP contribution in [-0.4, -0.2) is 4.98 Å². The van der Waals surface area contributed by atoms with E-state index in [2.05, 4.69) is 11.2 Å². The molecule has 0 saturated heterocycles. The van der Waals surface area contributed by atoms with Crippen LogP contribution in [0, 0.1) is 17.8 Å². The number of thiazole rings is 1. The minimum Gasteiger partial charge on any atom is -0.325 e. The molecule has 4 aliphatic carbocycles. The molecule has 4 fully saturated rings. The maximum atomic E-state index is 5.70. The topological polar surface area (TPSA) is 38.9 Å². The van der Waals surface area contributed by atoms with Crippen molar-refractivity contribution in [2.75, 3.05) is 0 Å². The van der Waals surface area contributed by atoms with Crippen LogP contribution in [0.15, 0.2) is 6.20 Å². The molecular weight excluding hydrogens is 228 g/mol. The summed E-state index contributed by atoms with van der Waals surface area (Å²) in [6.45, 7) is 0.608. The molecule has 2 N–H and O–H groups in total. The lowest BCUT2D eigenvalue weighted by molar-refractivity contribution is -0.00355. The quantitative estimate of drug-likeness (QED) is 0.873. The van der Waals surface area contributed by atoms with Gasteiger partial charge in [0.2, 0.25) is 0 Å². The highest BCUT2D eigenvalue weighted by Crippen LogP contribution is 2.61. The molecule has 1 aromatic heterocycles. The normalized spacial score (nSPS) is 43.2. The molecule has 3 heteroatoms. The number of nitrogens with two attached hydrogens (primary N) is 1. The van der Waals surface area contributed by atoms with Crippen molar-refractivity contribution < 1.29 is 0 Å². The SMILES string of the molecule is NCc1ncc(C23CC4CC(CC(C4)C2)C3)s1. The van der Waals surface area contributed by atoms with Crippen molar-refractivity contribution in [1.82, 2.24) is 4.98 Å². The third-order valence-electron chi connectivity index (χ3n) is 5.29. The van der Waals surface area contributed by atoms with Crippen LogP contribution in [0.25, 0.3) is 0 Å². The van der Waals surface area contributed by atoms with Gasteiger partial charge in [-0.15, -0.1) is 11.3 Å². The van der Waals surface area contributed by atoms with Gasteiger partial charge in [0.05, 0.1) is 0 Å². The van der Waals surface area contributed by atoms with Gasteiger partial charge in [0.1, 0.15) is 5.01 Å². The minimum absolute atomic E-state index is 0.514. The van der Waals surface area contributed by atoms with Crippen LogP contribution in [-0.2, 0) is 12.0 Å². The number of hydrogen-bond donors (Lipinski definition) is 1. The molecule has 0 aromatic carbocycles. The van der Waals surface area contributed by atoms with E-state index >= 15 is 0 Å². The largest absolute Gasteiger partial charge is 0.325 e. The number of rotatable bonds is 2. The lowest BCUT2D eigenvalue weighted by atomic mass is 9.49. The lowest BCUT2D eigenvalue weighted by Crippen LogP contribution is -2.48. The number of aromatic nitrogens is 1. The number of nitrogens with zero attached hydrogens (tertiary/aromatic N) is 1. The number of hydrogen-bond acceptors (Lipinski definition) is 3. The minimum atomic E-state index is 0.514. The fourth-order valence-corrected chi connectivity index (χ4v) is 6.08. The van der Waals surface area contributed by atoms with Gasteiger partial charge in [0.15, 0.2) is 0 Å². The average molecular weight is 248 g/mol. The summed E-state index contributed by atoms with van der Waals surface area (Å²) < 4.78 is 0. The predicted molar refractivity (Wildman–Crippen MR) is 69.9 cm³/mol. The average Bonchev–Trinajstić information content (AvgIpc) is 2.76. The summed E-state index contributed by atoms with van der Waals surface area (Å²) in [5, 5.41) is 1.12. The van der Waals surface area contributed by atoms with Gasteiger partial charge in [0.25, 0.3) is 0 Å². The molecule has 0 amide bonds. The summed E-state index contributed by atoms with van der Waals surface area (Å²) >= 11 is 1.89. The highest BCUT2D eigenvalue weighted by Gasteiger charge is 2.52. The van der Waals surface area contributed by atoms with Crippen molar-refractivity contribution >= 4 is 11.3 Å². The second-order valence-electron chi connectivity index (χ2n) is 6.52. The maximum Gasteiger partial charge on any atom is 0.106 e. The Morgan fingerprint density at radius 3 is 2.24 bits per heavy atom. The van der Waals surface area contributed by atoms with E-state index in [0.29, 0.717) is 12.0 Å². The fourth-order valence-electron chi connectivity index (χ4n) is 5.06. The summed E-state index contributed by atoms with van der Waals surface area (Å²) in [4.78, 5) is 6.04. The first-order chi connectivity index (χ1) is 8.27. The molecule has 0 radical (unpaired) electrons. The molecule has 0 spiro atoms. The highest BCUT2D eigenvalue weighted by molar-refractivity contribution is 7.11. The first kappa shape index (κ1) is 10.5. The van der Waals surface area contributed by atoms with Crippen molar-refractivity contribution in [3.05, 3.63) is 16.1 Å². The van der Waals surface area contributed by atoms with Crippen LogP contribution in [0.1, 0.15) is 48.4 Å². The first-order valence-corrected chi connectivity index (χ1v) is 7.74. The Morgan fingerprint density at radius 1 is 1.18 bits per heavy atom. The van der Waals surface area contributed by atoms with Gasteiger partial charge in [-0.25, -0.2) is 4.98 Å². The van der Waals surface area contributed by atoms with Gasteiger partial charge in [-0.3, -0.25) is 0 Å². The van der Waals surface area contributed by atoms with Crippen LogP contribution >= 0.6 is 11.3 Å². The summed E-state index contributed by atoms with van der Waals surface area (Å²) in [6.07, 6.45) is 11.0. The molecule has 17 heavy (non-hydrogen) atoms. The monoisotopic (exact) mass is 248 g/mol. The Labute approximate surface area is 107 Å². The Balaban J connectivity index is 1.72. The van der Waals surface area contributed by atoms with Crippen molar-refractivity contribution in [2.45, 2.75) is 50.5 Å². The molecule has 0 aliphatic heterocycles. The van der Waals surface area contributed by atoms with Gasteiger partial charge in [-0.1, -0.05) is 0 Å². The van der Waals surface area contributed by atoms with Gasteiger partial charge >= 0.3 is 0 Å². The standard InChI is InChI=1S/C14H20N2S/c15-7-13-16-8-12(17-13)14-4-9-1-10(5-14)3-11(2-9)6-14/h8-11H,1-7,15H2.